The van der Waals surface area contributed by atoms with E-state index in [1.165, 1.54) is 23.3 Å². The molecule has 1 aliphatic carbocycles. The lowest BCUT2D eigenvalue weighted by molar-refractivity contribution is -0.136. The van der Waals surface area contributed by atoms with Crippen molar-refractivity contribution in [1.29, 1.82) is 0 Å². The maximum Gasteiger partial charge on any atom is 0.233 e. The molecule has 0 unspecified atom stereocenters. The Hall–Kier alpha value is -2.20. The maximum atomic E-state index is 13.2. The van der Waals surface area contributed by atoms with E-state index in [-0.39, 0.29) is 17.8 Å². The molecule has 3 nitrogen and oxygen atoms in total. The van der Waals surface area contributed by atoms with Crippen molar-refractivity contribution in [2.75, 3.05) is 13.1 Å². The van der Waals surface area contributed by atoms with E-state index in [0.29, 0.717) is 6.61 Å². The van der Waals surface area contributed by atoms with Gasteiger partial charge in [0.05, 0.1) is 18.1 Å². The number of hydrogen-bond acceptors (Lipinski definition) is 2. The molecule has 1 amide bonds. The molecule has 27 heavy (non-hydrogen) atoms. The average Bonchev–Trinajstić information content (AvgIpc) is 3.50. The highest BCUT2D eigenvalue weighted by Gasteiger charge is 2.53. The lowest BCUT2D eigenvalue weighted by atomic mass is 9.93. The van der Waals surface area contributed by atoms with Gasteiger partial charge in [-0.05, 0) is 61.4 Å². The van der Waals surface area contributed by atoms with Crippen molar-refractivity contribution < 1.29 is 13.9 Å². The van der Waals surface area contributed by atoms with Crippen molar-refractivity contribution in [3.8, 4) is 0 Å². The molecule has 0 atom stereocenters. The number of aryl methyl sites for hydroxylation is 1. The Balaban J connectivity index is 1.32. The number of nitrogens with zero attached hydrogens (tertiary/aromatic N) is 1. The van der Waals surface area contributed by atoms with Crippen LogP contribution in [-0.2, 0) is 21.6 Å². The Morgan fingerprint density at radius 3 is 2.41 bits per heavy atom. The van der Waals surface area contributed by atoms with Gasteiger partial charge in [-0.2, -0.15) is 0 Å². The van der Waals surface area contributed by atoms with Crippen LogP contribution in [0.5, 0.6) is 0 Å². The number of hydrogen-bond donors (Lipinski definition) is 0. The molecule has 1 saturated carbocycles. The molecule has 1 saturated heterocycles. The normalized spacial score (nSPS) is 19.1. The zero-order valence-electron chi connectivity index (χ0n) is 15.8. The standard InChI is InChI=1S/C23H26FNO2/c1-17-4-2-3-5-18(17)16-27-21-10-14-25(15-11-21)22(26)23(12-13-23)19-6-8-20(24)9-7-19/h2-9,21H,10-16H2,1H3. The van der Waals surface area contributed by atoms with Crippen molar-refractivity contribution in [3.63, 3.8) is 0 Å². The molecule has 0 aromatic heterocycles. The average molecular weight is 367 g/mol. The summed E-state index contributed by atoms with van der Waals surface area (Å²) in [6, 6.07) is 14.7. The van der Waals surface area contributed by atoms with Crippen LogP contribution in [0.4, 0.5) is 4.39 Å². The lowest BCUT2D eigenvalue weighted by Gasteiger charge is -2.34. The number of benzene rings is 2. The third-order valence-electron chi connectivity index (χ3n) is 6.02. The van der Waals surface area contributed by atoms with Gasteiger partial charge in [-0.15, -0.1) is 0 Å². The molecular weight excluding hydrogens is 341 g/mol. The van der Waals surface area contributed by atoms with Crippen molar-refractivity contribution in [3.05, 3.63) is 71.0 Å². The van der Waals surface area contributed by atoms with Crippen LogP contribution in [0.25, 0.3) is 0 Å². The Bertz CT molecular complexity index is 805. The first kappa shape index (κ1) is 18.2. The zero-order valence-corrected chi connectivity index (χ0v) is 15.8. The monoisotopic (exact) mass is 367 g/mol. The molecule has 4 rings (SSSR count). The number of amides is 1. The summed E-state index contributed by atoms with van der Waals surface area (Å²) < 4.78 is 19.3. The van der Waals surface area contributed by atoms with E-state index in [1.807, 2.05) is 17.0 Å². The van der Waals surface area contributed by atoms with Gasteiger partial charge in [0.1, 0.15) is 5.82 Å². The molecular formula is C23H26FNO2. The fourth-order valence-electron chi connectivity index (χ4n) is 4.03. The fraction of sp³-hybridized carbons (Fsp3) is 0.435. The molecule has 2 aliphatic rings. The van der Waals surface area contributed by atoms with Crippen molar-refractivity contribution in [2.24, 2.45) is 0 Å². The SMILES string of the molecule is Cc1ccccc1COC1CCN(C(=O)C2(c3ccc(F)cc3)CC2)CC1. The van der Waals surface area contributed by atoms with Crippen molar-refractivity contribution in [1.82, 2.24) is 4.90 Å². The largest absolute Gasteiger partial charge is 0.373 e. The highest BCUT2D eigenvalue weighted by molar-refractivity contribution is 5.91. The first-order chi connectivity index (χ1) is 13.1. The molecule has 0 radical (unpaired) electrons. The van der Waals surface area contributed by atoms with Gasteiger partial charge < -0.3 is 9.64 Å². The molecule has 2 aromatic carbocycles. The van der Waals surface area contributed by atoms with Crippen molar-refractivity contribution >= 4 is 5.91 Å². The summed E-state index contributed by atoms with van der Waals surface area (Å²) in [5.41, 5.74) is 3.01. The number of rotatable bonds is 5. The van der Waals surface area contributed by atoms with E-state index in [2.05, 4.69) is 19.1 Å². The highest BCUT2D eigenvalue weighted by atomic mass is 19.1. The van der Waals surface area contributed by atoms with E-state index in [0.717, 1.165) is 44.3 Å². The van der Waals surface area contributed by atoms with Crippen LogP contribution in [-0.4, -0.2) is 30.0 Å². The van der Waals surface area contributed by atoms with Gasteiger partial charge in [0.25, 0.3) is 0 Å². The quantitative estimate of drug-likeness (QED) is 0.785. The Morgan fingerprint density at radius 2 is 1.78 bits per heavy atom. The minimum atomic E-state index is -0.414. The topological polar surface area (TPSA) is 29.5 Å². The van der Waals surface area contributed by atoms with Gasteiger partial charge >= 0.3 is 0 Å². The zero-order chi connectivity index (χ0) is 18.9. The second kappa shape index (κ2) is 7.43. The van der Waals surface area contributed by atoms with E-state index in [4.69, 9.17) is 4.74 Å². The smallest absolute Gasteiger partial charge is 0.233 e. The predicted molar refractivity (Wildman–Crippen MR) is 103 cm³/mol. The lowest BCUT2D eigenvalue weighted by Crippen LogP contribution is -2.45. The number of likely N-dealkylation sites (tertiary alicyclic amines) is 1. The van der Waals surface area contributed by atoms with E-state index in [9.17, 15) is 9.18 Å². The Morgan fingerprint density at radius 1 is 1.11 bits per heavy atom. The van der Waals surface area contributed by atoms with Gasteiger partial charge in [-0.1, -0.05) is 36.4 Å². The van der Waals surface area contributed by atoms with Crippen LogP contribution in [0.2, 0.25) is 0 Å². The Kier molecular flexibility index (Phi) is 5.00. The van der Waals surface area contributed by atoms with Crippen LogP contribution in [0.15, 0.2) is 48.5 Å². The molecule has 0 spiro atoms. The first-order valence-electron chi connectivity index (χ1n) is 9.80. The third kappa shape index (κ3) is 3.77. The number of halogens is 1. The van der Waals surface area contributed by atoms with Gasteiger partial charge in [-0.3, -0.25) is 4.79 Å². The number of ether oxygens (including phenoxy) is 1. The molecule has 0 bridgehead atoms. The second-order valence-electron chi connectivity index (χ2n) is 7.82. The molecule has 2 fully saturated rings. The highest BCUT2D eigenvalue weighted by Crippen LogP contribution is 2.49. The van der Waals surface area contributed by atoms with Gasteiger partial charge in [0, 0.05) is 13.1 Å². The molecule has 2 aromatic rings. The molecule has 142 valence electrons. The summed E-state index contributed by atoms with van der Waals surface area (Å²) in [6.07, 6.45) is 3.67. The van der Waals surface area contributed by atoms with Crippen LogP contribution in [0, 0.1) is 12.7 Å². The minimum absolute atomic E-state index is 0.200. The van der Waals surface area contributed by atoms with Crippen molar-refractivity contribution in [2.45, 2.75) is 50.7 Å². The molecule has 1 aliphatic heterocycles. The summed E-state index contributed by atoms with van der Waals surface area (Å²) in [4.78, 5) is 15.1. The predicted octanol–water partition coefficient (Wildman–Crippen LogP) is 4.37. The fourth-order valence-corrected chi connectivity index (χ4v) is 4.03. The number of piperidine rings is 1. The van der Waals surface area contributed by atoms with E-state index < -0.39 is 5.41 Å². The van der Waals surface area contributed by atoms with Gasteiger partial charge in [0.2, 0.25) is 5.91 Å². The summed E-state index contributed by atoms with van der Waals surface area (Å²) >= 11 is 0. The van der Waals surface area contributed by atoms with E-state index >= 15 is 0 Å². The van der Waals surface area contributed by atoms with Crippen LogP contribution in [0.1, 0.15) is 42.4 Å². The molecule has 0 N–H and O–H groups in total. The maximum absolute atomic E-state index is 13.2. The number of carbonyl (C=O) groups excluding carboxylic acids is 1. The molecule has 1 heterocycles. The van der Waals surface area contributed by atoms with Gasteiger partial charge in [-0.25, -0.2) is 4.39 Å². The Labute approximate surface area is 160 Å². The van der Waals surface area contributed by atoms with E-state index in [1.54, 1.807) is 12.1 Å². The number of carbonyl (C=O) groups is 1. The summed E-state index contributed by atoms with van der Waals surface area (Å²) in [5.74, 6) is -0.0555. The first-order valence-corrected chi connectivity index (χ1v) is 9.80. The molecule has 4 heteroatoms. The summed E-state index contributed by atoms with van der Waals surface area (Å²) in [5, 5.41) is 0. The minimum Gasteiger partial charge on any atom is -0.373 e. The van der Waals surface area contributed by atoms with Crippen LogP contribution < -0.4 is 0 Å². The second-order valence-corrected chi connectivity index (χ2v) is 7.82. The van der Waals surface area contributed by atoms with Crippen LogP contribution in [0.3, 0.4) is 0 Å². The van der Waals surface area contributed by atoms with Gasteiger partial charge in [0.15, 0.2) is 0 Å². The summed E-state index contributed by atoms with van der Waals surface area (Å²) in [7, 11) is 0. The van der Waals surface area contributed by atoms with Crippen LogP contribution >= 0.6 is 0 Å². The summed E-state index contributed by atoms with van der Waals surface area (Å²) in [6.45, 7) is 4.20. The third-order valence-corrected chi connectivity index (χ3v) is 6.02.